The number of hydrogen-bond acceptors (Lipinski definition) is 19. The second-order valence-electron chi connectivity index (χ2n) is 24.0. The van der Waals surface area contributed by atoms with Crippen molar-refractivity contribution < 1.29 is 112 Å². The van der Waals surface area contributed by atoms with Crippen molar-refractivity contribution in [3.05, 3.63) is 147 Å². The van der Waals surface area contributed by atoms with Gasteiger partial charge in [0.15, 0.2) is 0 Å². The number of amides is 13. The quantitative estimate of drug-likeness (QED) is 0.00680. The first-order valence-electron chi connectivity index (χ1n) is 33.1. The lowest BCUT2D eigenvalue weighted by molar-refractivity contribution is -0.144. The molecule has 8 atom stereocenters. The standard InChI is InChI=1S/C69H78N16O23/c70-62(101)43(20-11-12-26-75-84-71)78-64(103)44(27-38-13-3-1-4-14-38)79-65(104)45(28-39-15-5-2-6-16-39)80-68(107)49(32-60(97)98)83-69(108)50(33-61(99)100)82-67(106)48(31-59(95)96)77-55(89)36-73-53(87)34-72-54(88)35-74-63(102)46(29-57(91)92)81-66(105)47(30-58(93)94)76-52(86)24-25-56(90)85-37-42-19-8-7-17-40(42)22-23-41-18-9-10-21-51(41)85/h1-10,13-19,21,43-50H,11-12,20,24-37H2,(H2,70,101)(H,72,88)(H,73,87)(H,74,102)(H,76,86)(H,77,89)(H,78,103)(H,79,104)(H,80,107)(H,81,105)(H,82,106)(H,83,108)(H,91,92)(H,93,94)(H,95,96)(H,97,98)(H,99,100)/t43-,44-,45-,46-,47-,48-,49-,50-/m0/s1. The van der Waals surface area contributed by atoms with Gasteiger partial charge in [0.05, 0.1) is 64.0 Å². The lowest BCUT2D eigenvalue weighted by Gasteiger charge is -2.27. The molecule has 0 spiro atoms. The number of fused-ring (bicyclic) bond motifs is 2. The largest absolute Gasteiger partial charge is 0.481 e. The third kappa shape index (κ3) is 29.9. The fourth-order valence-corrected chi connectivity index (χ4v) is 10.4. The number of nitrogens with one attached hydrogen (secondary N) is 11. The number of carboxylic acid groups (broad SMARTS) is 5. The van der Waals surface area contributed by atoms with E-state index in [9.17, 15) is 112 Å². The molecule has 0 saturated heterocycles. The van der Waals surface area contributed by atoms with E-state index in [1.54, 1.807) is 109 Å². The summed E-state index contributed by atoms with van der Waals surface area (Å²) in [5.41, 5.74) is 17.5. The number of carbonyl (C=O) groups excluding carboxylic acids is 13. The topological polar surface area (TPSA) is 619 Å². The Kier molecular flexibility index (Phi) is 34.1. The van der Waals surface area contributed by atoms with Crippen LogP contribution in [-0.2, 0) is 106 Å². The number of primary amides is 1. The number of carboxylic acids is 5. The first-order valence-corrected chi connectivity index (χ1v) is 33.1. The van der Waals surface area contributed by atoms with Crippen molar-refractivity contribution in [3.63, 3.8) is 0 Å². The Hall–Kier alpha value is -13.8. The Labute approximate surface area is 613 Å². The molecule has 18 N–H and O–H groups in total. The number of nitrogens with two attached hydrogens (primary N) is 1. The zero-order valence-electron chi connectivity index (χ0n) is 57.5. The van der Waals surface area contributed by atoms with Gasteiger partial charge >= 0.3 is 29.8 Å². The first kappa shape index (κ1) is 84.9. The summed E-state index contributed by atoms with van der Waals surface area (Å²) >= 11 is 0. The van der Waals surface area contributed by atoms with Crippen LogP contribution >= 0.6 is 0 Å². The summed E-state index contributed by atoms with van der Waals surface area (Å²) in [5.74, 6) is -17.7. The number of unbranched alkanes of at least 4 members (excludes halogenated alkanes) is 1. The van der Waals surface area contributed by atoms with Gasteiger partial charge in [-0.25, -0.2) is 0 Å². The van der Waals surface area contributed by atoms with Crippen molar-refractivity contribution in [2.45, 2.75) is 132 Å². The summed E-state index contributed by atoms with van der Waals surface area (Å²) in [6, 6.07) is 14.9. The molecule has 0 aromatic heterocycles. The first-order chi connectivity index (χ1) is 51.4. The van der Waals surface area contributed by atoms with Crippen LogP contribution in [-0.4, -0.2) is 207 Å². The highest BCUT2D eigenvalue weighted by Crippen LogP contribution is 2.26. The van der Waals surface area contributed by atoms with Gasteiger partial charge in [-0.05, 0) is 53.3 Å². The summed E-state index contributed by atoms with van der Waals surface area (Å²) in [4.78, 5) is 239. The Balaban J connectivity index is 1.16. The summed E-state index contributed by atoms with van der Waals surface area (Å²) in [7, 11) is 0. The Morgan fingerprint density at radius 1 is 0.417 bits per heavy atom. The van der Waals surface area contributed by atoms with Gasteiger partial charge < -0.3 is 94.7 Å². The highest BCUT2D eigenvalue weighted by atomic mass is 16.4. The third-order valence-electron chi connectivity index (χ3n) is 15.7. The van der Waals surface area contributed by atoms with E-state index in [4.69, 9.17) is 11.3 Å². The van der Waals surface area contributed by atoms with Gasteiger partial charge in [-0.2, -0.15) is 0 Å². The molecule has 0 fully saturated rings. The number of aliphatic carboxylic acids is 5. The highest BCUT2D eigenvalue weighted by molar-refractivity contribution is 6.02. The number of carbonyl (C=O) groups is 18. The monoisotopic (exact) mass is 1500 g/mol. The van der Waals surface area contributed by atoms with Gasteiger partial charge in [0, 0.05) is 48.3 Å². The van der Waals surface area contributed by atoms with E-state index in [1.165, 1.54) is 4.90 Å². The van der Waals surface area contributed by atoms with Gasteiger partial charge in [0.2, 0.25) is 76.8 Å². The number of anilines is 1. The molecule has 5 rings (SSSR count). The Bertz CT molecular complexity index is 4140. The number of hydrogen-bond donors (Lipinski definition) is 17. The molecular weight excluding hydrogens is 1420 g/mol. The Morgan fingerprint density at radius 2 is 0.787 bits per heavy atom. The number of para-hydroxylation sites is 1. The van der Waals surface area contributed by atoms with Crippen LogP contribution in [0, 0.1) is 11.8 Å². The number of rotatable bonds is 44. The zero-order chi connectivity index (χ0) is 79.4. The average molecular weight is 1500 g/mol. The van der Waals surface area contributed by atoms with Gasteiger partial charge in [-0.1, -0.05) is 114 Å². The molecule has 0 aliphatic carbocycles. The maximum Gasteiger partial charge on any atom is 0.305 e. The van der Waals surface area contributed by atoms with Crippen LogP contribution in [0.1, 0.15) is 92.0 Å². The molecular formula is C69H78N16O23. The van der Waals surface area contributed by atoms with Crippen molar-refractivity contribution in [2.75, 3.05) is 31.1 Å². The van der Waals surface area contributed by atoms with Crippen molar-refractivity contribution in [3.8, 4) is 11.8 Å². The molecule has 0 bridgehead atoms. The van der Waals surface area contributed by atoms with Crippen LogP contribution in [0.2, 0.25) is 0 Å². The third-order valence-corrected chi connectivity index (χ3v) is 15.7. The van der Waals surface area contributed by atoms with Crippen LogP contribution < -0.4 is 69.1 Å². The second-order valence-corrected chi connectivity index (χ2v) is 24.0. The summed E-state index contributed by atoms with van der Waals surface area (Å²) in [6.45, 7) is -2.88. The van der Waals surface area contributed by atoms with Crippen LogP contribution in [0.5, 0.6) is 0 Å². The van der Waals surface area contributed by atoms with Gasteiger partial charge in [0.1, 0.15) is 48.3 Å². The maximum absolute atomic E-state index is 14.4. The molecule has 572 valence electrons. The Morgan fingerprint density at radius 3 is 1.25 bits per heavy atom. The van der Waals surface area contributed by atoms with E-state index in [0.717, 1.165) is 0 Å². The molecule has 4 aromatic carbocycles. The highest BCUT2D eigenvalue weighted by Gasteiger charge is 2.37. The number of azide groups is 1. The minimum atomic E-state index is -2.28. The number of benzene rings is 4. The molecule has 13 amide bonds. The molecule has 108 heavy (non-hydrogen) atoms. The van der Waals surface area contributed by atoms with E-state index >= 15 is 0 Å². The molecule has 39 nitrogen and oxygen atoms in total. The van der Waals surface area contributed by atoms with Crippen LogP contribution in [0.4, 0.5) is 5.69 Å². The summed E-state index contributed by atoms with van der Waals surface area (Å²) < 4.78 is 0. The number of nitrogens with zero attached hydrogens (tertiary/aromatic N) is 4. The SMILES string of the molecule is [N-]=[N+]=NCCCC[C@H](NC(=O)[C@H](Cc1ccccc1)NC(=O)[C@H](Cc1ccccc1)NC(=O)[C@H](CC(=O)O)NC(=O)[C@H](CC(=O)O)NC(=O)[C@H](CC(=O)O)NC(=O)CNC(=O)CNC(=O)CNC(=O)[C@H](CC(=O)O)NC(=O)[C@H](CC(=O)O)NC(=O)CCC(=O)N1Cc2ccccc2C#Cc2ccccc21)C(N)=O. The van der Waals surface area contributed by atoms with Crippen molar-refractivity contribution >= 4 is 112 Å². The molecule has 39 heteroatoms. The lowest BCUT2D eigenvalue weighted by atomic mass is 10.0. The van der Waals surface area contributed by atoms with E-state index < -0.39 is 220 Å². The molecule has 0 unspecified atom stereocenters. The van der Waals surface area contributed by atoms with Crippen molar-refractivity contribution in [2.24, 2.45) is 10.8 Å². The van der Waals surface area contributed by atoms with Crippen LogP contribution in [0.3, 0.4) is 0 Å². The fourth-order valence-electron chi connectivity index (χ4n) is 10.4. The van der Waals surface area contributed by atoms with E-state index in [-0.39, 0.29) is 38.8 Å². The van der Waals surface area contributed by atoms with E-state index in [1.807, 2.05) is 37.2 Å². The molecule has 1 aliphatic heterocycles. The molecule has 1 heterocycles. The van der Waals surface area contributed by atoms with E-state index in [0.29, 0.717) is 39.9 Å². The lowest BCUT2D eigenvalue weighted by Crippen LogP contribution is -2.60. The van der Waals surface area contributed by atoms with Crippen LogP contribution in [0.15, 0.2) is 114 Å². The van der Waals surface area contributed by atoms with Gasteiger partial charge in [-0.15, -0.1) is 0 Å². The predicted molar refractivity (Wildman–Crippen MR) is 372 cm³/mol. The van der Waals surface area contributed by atoms with Gasteiger partial charge in [-0.3, -0.25) is 86.3 Å². The normalized spacial score (nSPS) is 13.2. The average Bonchev–Trinajstić information content (AvgIpc) is 0.807. The minimum Gasteiger partial charge on any atom is -0.481 e. The molecule has 0 saturated carbocycles. The molecule has 0 radical (unpaired) electrons. The zero-order valence-corrected chi connectivity index (χ0v) is 57.5. The summed E-state index contributed by atoms with van der Waals surface area (Å²) in [5, 5.41) is 75.5. The smallest absolute Gasteiger partial charge is 0.305 e. The fraction of sp³-hybridized carbons (Fsp3) is 0.362. The van der Waals surface area contributed by atoms with Gasteiger partial charge in [0.25, 0.3) is 0 Å². The predicted octanol–water partition coefficient (Wildman–Crippen LogP) is -3.24. The van der Waals surface area contributed by atoms with Crippen molar-refractivity contribution in [1.29, 1.82) is 0 Å². The molecule has 1 aliphatic rings. The summed E-state index contributed by atoms with van der Waals surface area (Å²) in [6.07, 6.45) is -7.04. The minimum absolute atomic E-state index is 0.00772. The van der Waals surface area contributed by atoms with Crippen LogP contribution in [0.25, 0.3) is 10.4 Å². The molecule has 4 aromatic rings. The van der Waals surface area contributed by atoms with Crippen molar-refractivity contribution in [1.82, 2.24) is 58.5 Å². The van der Waals surface area contributed by atoms with E-state index in [2.05, 4.69) is 43.1 Å². The second kappa shape index (κ2) is 43.4. The maximum atomic E-state index is 14.4.